The number of fused-ring (bicyclic) bond motifs is 1. The van der Waals surface area contributed by atoms with Crippen molar-refractivity contribution in [2.75, 3.05) is 11.9 Å². The number of nitrogens with one attached hydrogen (secondary N) is 2. The van der Waals surface area contributed by atoms with Gasteiger partial charge in [-0.25, -0.2) is 4.98 Å². The molecule has 130 valence electrons. The highest BCUT2D eigenvalue weighted by molar-refractivity contribution is 7.14. The number of hydrogen-bond acceptors (Lipinski definition) is 4. The third-order valence-electron chi connectivity index (χ3n) is 4.01. The Kier molecular flexibility index (Phi) is 4.41. The number of carbonyl (C=O) groups is 1. The Morgan fingerprint density at radius 3 is 2.77 bits per heavy atom. The van der Waals surface area contributed by atoms with Crippen LogP contribution in [0.25, 0.3) is 22.2 Å². The van der Waals surface area contributed by atoms with Gasteiger partial charge < -0.3 is 9.72 Å². The SMILES string of the molecule is Cc1[nH]c2ccccc2c1-c1csc(NC(=O)COc2ccccc2)n1. The van der Waals surface area contributed by atoms with E-state index in [1.807, 2.05) is 60.8 Å². The van der Waals surface area contributed by atoms with E-state index in [1.54, 1.807) is 0 Å². The molecule has 0 aliphatic carbocycles. The Bertz CT molecular complexity index is 1050. The standard InChI is InChI=1S/C20H17N3O2S/c1-13-19(15-9-5-6-10-16(15)21-13)17-12-26-20(22-17)23-18(24)11-25-14-7-3-2-4-8-14/h2-10,12,21H,11H2,1H3,(H,22,23,24). The predicted molar refractivity (Wildman–Crippen MR) is 105 cm³/mol. The van der Waals surface area contributed by atoms with Crippen molar-refractivity contribution in [3.8, 4) is 17.0 Å². The highest BCUT2D eigenvalue weighted by atomic mass is 32.1. The van der Waals surface area contributed by atoms with Crippen LogP contribution in [0.3, 0.4) is 0 Å². The molecule has 5 nitrogen and oxygen atoms in total. The van der Waals surface area contributed by atoms with Crippen LogP contribution < -0.4 is 10.1 Å². The summed E-state index contributed by atoms with van der Waals surface area (Å²) in [6, 6.07) is 17.4. The van der Waals surface area contributed by atoms with Crippen LogP contribution >= 0.6 is 11.3 Å². The minimum atomic E-state index is -0.231. The minimum Gasteiger partial charge on any atom is -0.484 e. The van der Waals surface area contributed by atoms with Crippen LogP contribution in [0.2, 0.25) is 0 Å². The Hall–Kier alpha value is -3.12. The van der Waals surface area contributed by atoms with Crippen LogP contribution in [-0.2, 0) is 4.79 Å². The number of para-hydroxylation sites is 2. The fraction of sp³-hybridized carbons (Fsp3) is 0.100. The number of amides is 1. The zero-order valence-corrected chi connectivity index (χ0v) is 15.0. The van der Waals surface area contributed by atoms with Crippen LogP contribution in [0.1, 0.15) is 5.69 Å². The molecule has 0 aliphatic heterocycles. The molecule has 0 unspecified atom stereocenters. The van der Waals surface area contributed by atoms with Crippen molar-refractivity contribution in [3.63, 3.8) is 0 Å². The van der Waals surface area contributed by atoms with Crippen LogP contribution in [0.15, 0.2) is 60.0 Å². The number of benzene rings is 2. The van der Waals surface area contributed by atoms with Crippen molar-refractivity contribution in [1.82, 2.24) is 9.97 Å². The topological polar surface area (TPSA) is 67.0 Å². The van der Waals surface area contributed by atoms with Crippen molar-refractivity contribution < 1.29 is 9.53 Å². The second-order valence-electron chi connectivity index (χ2n) is 5.86. The summed E-state index contributed by atoms with van der Waals surface area (Å²) in [5, 5.41) is 6.44. The molecule has 0 atom stereocenters. The van der Waals surface area contributed by atoms with Gasteiger partial charge in [0, 0.05) is 27.5 Å². The van der Waals surface area contributed by atoms with E-state index in [9.17, 15) is 4.79 Å². The molecule has 0 saturated heterocycles. The number of hydrogen-bond donors (Lipinski definition) is 2. The molecule has 1 amide bonds. The lowest BCUT2D eigenvalue weighted by molar-refractivity contribution is -0.118. The minimum absolute atomic E-state index is 0.0506. The summed E-state index contributed by atoms with van der Waals surface area (Å²) in [5.41, 5.74) is 4.05. The lowest BCUT2D eigenvalue weighted by Crippen LogP contribution is -2.20. The van der Waals surface area contributed by atoms with Gasteiger partial charge in [0.25, 0.3) is 5.91 Å². The van der Waals surface area contributed by atoms with Crippen molar-refractivity contribution in [2.24, 2.45) is 0 Å². The highest BCUT2D eigenvalue weighted by Gasteiger charge is 2.14. The van der Waals surface area contributed by atoms with Crippen LogP contribution in [-0.4, -0.2) is 22.5 Å². The zero-order chi connectivity index (χ0) is 17.9. The summed E-state index contributed by atoms with van der Waals surface area (Å²) in [7, 11) is 0. The predicted octanol–water partition coefficient (Wildman–Crippen LogP) is 4.62. The number of carbonyl (C=O) groups excluding carboxylic acids is 1. The van der Waals surface area contributed by atoms with Gasteiger partial charge in [-0.2, -0.15) is 0 Å². The highest BCUT2D eigenvalue weighted by Crippen LogP contribution is 2.33. The molecule has 0 aliphatic rings. The van der Waals surface area contributed by atoms with Crippen molar-refractivity contribution >= 4 is 33.3 Å². The number of anilines is 1. The normalized spacial score (nSPS) is 10.8. The summed E-state index contributed by atoms with van der Waals surface area (Å²) in [5.74, 6) is 0.433. The molecular formula is C20H17N3O2S. The Balaban J connectivity index is 1.47. The van der Waals surface area contributed by atoms with E-state index in [0.717, 1.165) is 27.9 Å². The second-order valence-corrected chi connectivity index (χ2v) is 6.72. The Morgan fingerprint density at radius 1 is 1.15 bits per heavy atom. The maximum atomic E-state index is 12.1. The number of aryl methyl sites for hydroxylation is 1. The molecule has 0 bridgehead atoms. The second kappa shape index (κ2) is 7.01. The lowest BCUT2D eigenvalue weighted by Gasteiger charge is -2.05. The van der Waals surface area contributed by atoms with Gasteiger partial charge in [0.2, 0.25) is 0 Å². The quantitative estimate of drug-likeness (QED) is 0.544. The van der Waals surface area contributed by atoms with Gasteiger partial charge in [-0.05, 0) is 25.1 Å². The molecule has 2 N–H and O–H groups in total. The van der Waals surface area contributed by atoms with Gasteiger partial charge in [-0.3, -0.25) is 10.1 Å². The first-order valence-corrected chi connectivity index (χ1v) is 9.09. The fourth-order valence-corrected chi connectivity index (χ4v) is 3.59. The first-order valence-electron chi connectivity index (χ1n) is 8.21. The van der Waals surface area contributed by atoms with Gasteiger partial charge in [0.15, 0.2) is 11.7 Å². The first-order chi connectivity index (χ1) is 12.7. The largest absolute Gasteiger partial charge is 0.484 e. The molecule has 0 saturated carbocycles. The average molecular weight is 363 g/mol. The van der Waals surface area contributed by atoms with Gasteiger partial charge in [-0.1, -0.05) is 36.4 Å². The Morgan fingerprint density at radius 2 is 1.92 bits per heavy atom. The maximum Gasteiger partial charge on any atom is 0.264 e. The number of ether oxygens (including phenoxy) is 1. The number of aromatic amines is 1. The van der Waals surface area contributed by atoms with E-state index in [1.165, 1.54) is 11.3 Å². The van der Waals surface area contributed by atoms with Crippen LogP contribution in [0.5, 0.6) is 5.75 Å². The molecular weight excluding hydrogens is 346 g/mol. The molecule has 4 aromatic rings. The summed E-state index contributed by atoms with van der Waals surface area (Å²) in [6.45, 7) is 1.98. The number of nitrogens with zero attached hydrogens (tertiary/aromatic N) is 1. The van der Waals surface area contributed by atoms with E-state index < -0.39 is 0 Å². The third-order valence-corrected chi connectivity index (χ3v) is 4.77. The lowest BCUT2D eigenvalue weighted by atomic mass is 10.1. The molecule has 26 heavy (non-hydrogen) atoms. The van der Waals surface area contributed by atoms with Crippen molar-refractivity contribution in [3.05, 3.63) is 65.7 Å². The molecule has 0 spiro atoms. The summed E-state index contributed by atoms with van der Waals surface area (Å²) in [4.78, 5) is 20.0. The average Bonchev–Trinajstić information content (AvgIpc) is 3.23. The molecule has 0 radical (unpaired) electrons. The van der Waals surface area contributed by atoms with Crippen molar-refractivity contribution in [2.45, 2.75) is 6.92 Å². The zero-order valence-electron chi connectivity index (χ0n) is 14.2. The maximum absolute atomic E-state index is 12.1. The third kappa shape index (κ3) is 3.32. The number of aromatic nitrogens is 2. The monoisotopic (exact) mass is 363 g/mol. The number of H-pyrrole nitrogens is 1. The Labute approximate surface area is 154 Å². The van der Waals surface area contributed by atoms with E-state index >= 15 is 0 Å². The summed E-state index contributed by atoms with van der Waals surface area (Å²) >= 11 is 1.40. The van der Waals surface area contributed by atoms with Crippen molar-refractivity contribution in [1.29, 1.82) is 0 Å². The summed E-state index contributed by atoms with van der Waals surface area (Å²) in [6.07, 6.45) is 0. The van der Waals surface area contributed by atoms with Gasteiger partial charge in [0.1, 0.15) is 5.75 Å². The molecule has 2 heterocycles. The number of thiazole rings is 1. The van der Waals surface area contributed by atoms with Gasteiger partial charge in [-0.15, -0.1) is 11.3 Å². The van der Waals surface area contributed by atoms with Gasteiger partial charge in [0.05, 0.1) is 5.69 Å². The van der Waals surface area contributed by atoms with Gasteiger partial charge >= 0.3 is 0 Å². The molecule has 2 aromatic heterocycles. The van der Waals surface area contributed by atoms with Crippen LogP contribution in [0.4, 0.5) is 5.13 Å². The molecule has 0 fully saturated rings. The van der Waals surface area contributed by atoms with E-state index in [0.29, 0.717) is 10.9 Å². The van der Waals surface area contributed by atoms with E-state index in [2.05, 4.69) is 21.4 Å². The van der Waals surface area contributed by atoms with Crippen LogP contribution in [0, 0.1) is 6.92 Å². The van der Waals surface area contributed by atoms with E-state index in [4.69, 9.17) is 4.74 Å². The van der Waals surface area contributed by atoms with E-state index in [-0.39, 0.29) is 12.5 Å². The number of rotatable bonds is 5. The molecule has 6 heteroatoms. The molecule has 2 aromatic carbocycles. The first kappa shape index (κ1) is 16.4. The summed E-state index contributed by atoms with van der Waals surface area (Å²) < 4.78 is 5.46. The smallest absolute Gasteiger partial charge is 0.264 e. The molecule has 4 rings (SSSR count). The fourth-order valence-electron chi connectivity index (χ4n) is 2.87.